The molecule has 0 aromatic heterocycles. The smallest absolute Gasteiger partial charge is 0.289 e. The Hall–Kier alpha value is -1.08. The van der Waals surface area contributed by atoms with Gasteiger partial charge >= 0.3 is 6.18 Å². The van der Waals surface area contributed by atoms with Crippen LogP contribution in [0, 0.1) is 5.82 Å². The summed E-state index contributed by atoms with van der Waals surface area (Å²) in [5.41, 5.74) is -1.79. The minimum absolute atomic E-state index is 0.0436. The highest BCUT2D eigenvalue weighted by molar-refractivity contribution is 9.10. The molecule has 0 bridgehead atoms. The van der Waals surface area contributed by atoms with Crippen molar-refractivity contribution in [2.45, 2.75) is 6.18 Å². The molecule has 0 aliphatic carbocycles. The summed E-state index contributed by atoms with van der Waals surface area (Å²) in [7, 11) is 0. The molecule has 0 spiro atoms. The molecule has 0 heterocycles. The summed E-state index contributed by atoms with van der Waals surface area (Å²) in [6.07, 6.45) is -4.46. The van der Waals surface area contributed by atoms with Crippen LogP contribution in [0.15, 0.2) is 40.9 Å². The SMILES string of the molecule is O=C(C=C(c1cc(Cl)c(Cl)c(Cl)c1)C(F)(F)F)c1ccc(F)c(Br)c1. The van der Waals surface area contributed by atoms with Gasteiger partial charge in [-0.25, -0.2) is 4.39 Å². The first kappa shape index (κ1) is 20.2. The number of alkyl halides is 3. The molecule has 132 valence electrons. The van der Waals surface area contributed by atoms with Crippen molar-refractivity contribution in [3.05, 3.63) is 72.9 Å². The molecular formula is C16H6BrCl3F4O. The van der Waals surface area contributed by atoms with Crippen LogP contribution in [0.4, 0.5) is 17.6 Å². The third kappa shape index (κ3) is 4.76. The first-order valence-electron chi connectivity index (χ1n) is 6.44. The Balaban J connectivity index is 2.56. The molecule has 0 radical (unpaired) electrons. The van der Waals surface area contributed by atoms with E-state index in [1.165, 1.54) is 0 Å². The zero-order chi connectivity index (χ0) is 18.9. The van der Waals surface area contributed by atoms with Gasteiger partial charge in [-0.1, -0.05) is 34.8 Å². The van der Waals surface area contributed by atoms with Gasteiger partial charge in [-0.3, -0.25) is 4.79 Å². The van der Waals surface area contributed by atoms with Crippen molar-refractivity contribution in [3.63, 3.8) is 0 Å². The van der Waals surface area contributed by atoms with Gasteiger partial charge in [-0.05, 0) is 57.9 Å². The van der Waals surface area contributed by atoms with Crippen molar-refractivity contribution in [2.75, 3.05) is 0 Å². The van der Waals surface area contributed by atoms with Gasteiger partial charge in [0.25, 0.3) is 0 Å². The average Bonchev–Trinajstić information content (AvgIpc) is 2.51. The van der Waals surface area contributed by atoms with E-state index < -0.39 is 28.9 Å². The van der Waals surface area contributed by atoms with E-state index in [2.05, 4.69) is 15.9 Å². The second-order valence-electron chi connectivity index (χ2n) is 4.80. The van der Waals surface area contributed by atoms with Gasteiger partial charge < -0.3 is 0 Å². The van der Waals surface area contributed by atoms with E-state index in [4.69, 9.17) is 34.8 Å². The van der Waals surface area contributed by atoms with E-state index in [1.807, 2.05) is 0 Å². The predicted molar refractivity (Wildman–Crippen MR) is 93.9 cm³/mol. The van der Waals surface area contributed by atoms with Crippen molar-refractivity contribution in [2.24, 2.45) is 0 Å². The number of carbonyl (C=O) groups excluding carboxylic acids is 1. The molecule has 9 heteroatoms. The van der Waals surface area contributed by atoms with Crippen molar-refractivity contribution < 1.29 is 22.4 Å². The third-order valence-corrected chi connectivity index (χ3v) is 4.88. The van der Waals surface area contributed by atoms with E-state index in [0.717, 1.165) is 30.3 Å². The number of hydrogen-bond acceptors (Lipinski definition) is 1. The van der Waals surface area contributed by atoms with Gasteiger partial charge in [0.1, 0.15) is 5.82 Å². The van der Waals surface area contributed by atoms with E-state index >= 15 is 0 Å². The summed E-state index contributed by atoms with van der Waals surface area (Å²) < 4.78 is 53.3. The van der Waals surface area contributed by atoms with E-state index in [0.29, 0.717) is 6.08 Å². The zero-order valence-corrected chi connectivity index (χ0v) is 15.7. The highest BCUT2D eigenvalue weighted by Gasteiger charge is 2.36. The summed E-state index contributed by atoms with van der Waals surface area (Å²) in [6.45, 7) is 0. The number of benzene rings is 2. The normalized spacial score (nSPS) is 12.4. The molecule has 1 nitrogen and oxygen atoms in total. The Morgan fingerprint density at radius 3 is 2.04 bits per heavy atom. The van der Waals surface area contributed by atoms with Gasteiger partial charge in [0.05, 0.1) is 25.1 Å². The molecule has 0 aliphatic heterocycles. The molecule has 0 amide bonds. The van der Waals surface area contributed by atoms with Crippen LogP contribution in [0.5, 0.6) is 0 Å². The number of hydrogen-bond donors (Lipinski definition) is 0. The first-order valence-corrected chi connectivity index (χ1v) is 8.36. The maximum absolute atomic E-state index is 13.4. The van der Waals surface area contributed by atoms with E-state index in [9.17, 15) is 22.4 Å². The number of halogens is 8. The molecule has 0 N–H and O–H groups in total. The van der Waals surface area contributed by atoms with Gasteiger partial charge in [-0.2, -0.15) is 13.2 Å². The Morgan fingerprint density at radius 1 is 1.00 bits per heavy atom. The second kappa shape index (κ2) is 7.66. The van der Waals surface area contributed by atoms with E-state index in [-0.39, 0.29) is 25.1 Å². The molecule has 2 aromatic carbocycles. The fourth-order valence-corrected chi connectivity index (χ4v) is 2.88. The summed E-state index contributed by atoms with van der Waals surface area (Å²) >= 11 is 20.1. The van der Waals surface area contributed by atoms with Crippen LogP contribution in [0.1, 0.15) is 15.9 Å². The lowest BCUT2D eigenvalue weighted by Crippen LogP contribution is -2.13. The summed E-state index contributed by atoms with van der Waals surface area (Å²) in [5.74, 6) is -1.61. The minimum Gasteiger partial charge on any atom is -0.289 e. The Labute approximate surface area is 163 Å². The third-order valence-electron chi connectivity index (χ3n) is 3.08. The molecular weight excluding hydrogens is 470 g/mol. The predicted octanol–water partition coefficient (Wildman–Crippen LogP) is 7.38. The highest BCUT2D eigenvalue weighted by atomic mass is 79.9. The van der Waals surface area contributed by atoms with Crippen LogP contribution in [0.2, 0.25) is 15.1 Å². The Bertz CT molecular complexity index is 855. The topological polar surface area (TPSA) is 17.1 Å². The quantitative estimate of drug-likeness (QED) is 0.196. The summed E-state index contributed by atoms with van der Waals surface area (Å²) in [4.78, 5) is 12.2. The first-order chi connectivity index (χ1) is 11.5. The van der Waals surface area contributed by atoms with Gasteiger partial charge in [0.2, 0.25) is 0 Å². The van der Waals surface area contributed by atoms with Crippen molar-refractivity contribution in [1.82, 2.24) is 0 Å². The molecule has 2 aromatic rings. The maximum Gasteiger partial charge on any atom is 0.417 e. The van der Waals surface area contributed by atoms with Crippen molar-refractivity contribution >= 4 is 62.1 Å². The number of carbonyl (C=O) groups is 1. The minimum atomic E-state index is -4.85. The Kier molecular flexibility index (Phi) is 6.20. The maximum atomic E-state index is 13.4. The molecule has 0 saturated carbocycles. The standard InChI is InChI=1S/C16H6BrCl3F4O/c17-10-3-7(1-2-13(10)21)14(25)6-9(16(22,23)24)8-4-11(18)15(20)12(19)5-8/h1-6H. The summed E-state index contributed by atoms with van der Waals surface area (Å²) in [5, 5.41) is -0.463. The molecule has 0 aliphatic rings. The van der Waals surface area contributed by atoms with Gasteiger partial charge in [-0.15, -0.1) is 0 Å². The van der Waals surface area contributed by atoms with Crippen LogP contribution in [-0.2, 0) is 0 Å². The van der Waals surface area contributed by atoms with Crippen LogP contribution in [0.25, 0.3) is 5.57 Å². The largest absolute Gasteiger partial charge is 0.417 e. The average molecular weight is 476 g/mol. The van der Waals surface area contributed by atoms with Crippen LogP contribution >= 0.6 is 50.7 Å². The van der Waals surface area contributed by atoms with E-state index in [1.54, 1.807) is 0 Å². The molecule has 25 heavy (non-hydrogen) atoms. The van der Waals surface area contributed by atoms with Crippen LogP contribution in [-0.4, -0.2) is 12.0 Å². The van der Waals surface area contributed by atoms with Crippen LogP contribution < -0.4 is 0 Å². The van der Waals surface area contributed by atoms with Gasteiger partial charge in [0, 0.05) is 5.56 Å². The summed E-state index contributed by atoms with van der Waals surface area (Å²) in [6, 6.07) is 5.05. The molecule has 2 rings (SSSR count). The lowest BCUT2D eigenvalue weighted by atomic mass is 10.0. The second-order valence-corrected chi connectivity index (χ2v) is 6.85. The number of ketones is 1. The fourth-order valence-electron chi connectivity index (χ4n) is 1.90. The highest BCUT2D eigenvalue weighted by Crippen LogP contribution is 2.39. The fraction of sp³-hybridized carbons (Fsp3) is 0.0625. The molecule has 0 saturated heterocycles. The molecule has 0 atom stereocenters. The monoisotopic (exact) mass is 474 g/mol. The zero-order valence-electron chi connectivity index (χ0n) is 11.9. The lowest BCUT2D eigenvalue weighted by Gasteiger charge is -2.13. The lowest BCUT2D eigenvalue weighted by molar-refractivity contribution is -0.0689. The number of rotatable bonds is 3. The van der Waals surface area contributed by atoms with Crippen molar-refractivity contribution in [1.29, 1.82) is 0 Å². The molecule has 0 fully saturated rings. The molecule has 0 unspecified atom stereocenters. The van der Waals surface area contributed by atoms with Crippen molar-refractivity contribution in [3.8, 4) is 0 Å². The number of allylic oxidation sites excluding steroid dienone is 2. The van der Waals surface area contributed by atoms with Crippen LogP contribution in [0.3, 0.4) is 0 Å². The van der Waals surface area contributed by atoms with Gasteiger partial charge in [0.15, 0.2) is 5.78 Å². The Morgan fingerprint density at radius 2 is 1.56 bits per heavy atom.